The number of likely N-dealkylation sites (tertiary alicyclic amines) is 1. The van der Waals surface area contributed by atoms with E-state index in [4.69, 9.17) is 9.84 Å². The lowest BCUT2D eigenvalue weighted by Gasteiger charge is -2.31. The fraction of sp³-hybridized carbons (Fsp3) is 0.917. The van der Waals surface area contributed by atoms with E-state index in [-0.39, 0.29) is 6.10 Å². The Morgan fingerprint density at radius 2 is 2.00 bits per heavy atom. The van der Waals surface area contributed by atoms with Crippen LogP contribution >= 0.6 is 0 Å². The molecule has 0 bridgehead atoms. The molecule has 92 valence electrons. The zero-order valence-corrected chi connectivity index (χ0v) is 9.89. The van der Waals surface area contributed by atoms with Gasteiger partial charge in [-0.25, -0.2) is 4.79 Å². The van der Waals surface area contributed by atoms with Crippen LogP contribution in [0.15, 0.2) is 0 Å². The van der Waals surface area contributed by atoms with Gasteiger partial charge in [0.1, 0.15) is 0 Å². The standard InChI is InChI=1S/C12H21NO3/c1-9-4-6-13(7-5-9)8-10-2-3-11(16-10)12(14)15/h9-11H,2-8H2,1H3,(H,14,15)/t10-,11+/m0/s1. The van der Waals surface area contributed by atoms with E-state index in [1.165, 1.54) is 12.8 Å². The normalized spacial score (nSPS) is 33.1. The van der Waals surface area contributed by atoms with Crippen LogP contribution in [0.1, 0.15) is 32.6 Å². The van der Waals surface area contributed by atoms with E-state index in [1.807, 2.05) is 0 Å². The Balaban J connectivity index is 1.73. The van der Waals surface area contributed by atoms with Crippen LogP contribution in [0.2, 0.25) is 0 Å². The summed E-state index contributed by atoms with van der Waals surface area (Å²) in [5.41, 5.74) is 0. The molecule has 4 heteroatoms. The molecular weight excluding hydrogens is 206 g/mol. The number of hydrogen-bond acceptors (Lipinski definition) is 3. The number of carboxylic acid groups (broad SMARTS) is 1. The van der Waals surface area contributed by atoms with Gasteiger partial charge in [-0.15, -0.1) is 0 Å². The Hall–Kier alpha value is -0.610. The van der Waals surface area contributed by atoms with Crippen molar-refractivity contribution in [1.29, 1.82) is 0 Å². The maximum atomic E-state index is 10.7. The second-order valence-corrected chi connectivity index (χ2v) is 5.15. The zero-order valence-electron chi connectivity index (χ0n) is 9.89. The van der Waals surface area contributed by atoms with E-state index in [1.54, 1.807) is 0 Å². The lowest BCUT2D eigenvalue weighted by molar-refractivity contribution is -0.149. The number of ether oxygens (including phenoxy) is 1. The van der Waals surface area contributed by atoms with Crippen molar-refractivity contribution < 1.29 is 14.6 Å². The average Bonchev–Trinajstić information content (AvgIpc) is 2.70. The number of carboxylic acids is 1. The van der Waals surface area contributed by atoms with E-state index in [9.17, 15) is 4.79 Å². The van der Waals surface area contributed by atoms with Crippen LogP contribution in [0.3, 0.4) is 0 Å². The molecule has 16 heavy (non-hydrogen) atoms. The summed E-state index contributed by atoms with van der Waals surface area (Å²) in [6, 6.07) is 0. The lowest BCUT2D eigenvalue weighted by Crippen LogP contribution is -2.38. The third-order valence-electron chi connectivity index (χ3n) is 3.72. The van der Waals surface area contributed by atoms with E-state index in [0.717, 1.165) is 32.0 Å². The Bertz CT molecular complexity index is 249. The number of nitrogens with zero attached hydrogens (tertiary/aromatic N) is 1. The van der Waals surface area contributed by atoms with Crippen LogP contribution < -0.4 is 0 Å². The van der Waals surface area contributed by atoms with Crippen LogP contribution in [-0.2, 0) is 9.53 Å². The minimum absolute atomic E-state index is 0.134. The smallest absolute Gasteiger partial charge is 0.332 e. The first-order valence-electron chi connectivity index (χ1n) is 6.26. The topological polar surface area (TPSA) is 49.8 Å². The quantitative estimate of drug-likeness (QED) is 0.790. The minimum Gasteiger partial charge on any atom is -0.479 e. The van der Waals surface area contributed by atoms with Gasteiger partial charge in [0.15, 0.2) is 6.10 Å². The molecule has 2 heterocycles. The molecule has 2 fully saturated rings. The van der Waals surface area contributed by atoms with Crippen LogP contribution in [0.25, 0.3) is 0 Å². The van der Waals surface area contributed by atoms with Crippen LogP contribution in [0.4, 0.5) is 0 Å². The van der Waals surface area contributed by atoms with Gasteiger partial charge in [-0.2, -0.15) is 0 Å². The van der Waals surface area contributed by atoms with Gasteiger partial charge in [0.2, 0.25) is 0 Å². The molecule has 2 atom stereocenters. The van der Waals surface area contributed by atoms with Crippen LogP contribution in [-0.4, -0.2) is 47.8 Å². The van der Waals surface area contributed by atoms with Crippen molar-refractivity contribution in [3.05, 3.63) is 0 Å². The highest BCUT2D eigenvalue weighted by Gasteiger charge is 2.31. The largest absolute Gasteiger partial charge is 0.479 e. The van der Waals surface area contributed by atoms with Crippen molar-refractivity contribution in [2.45, 2.75) is 44.8 Å². The third kappa shape index (κ3) is 2.95. The summed E-state index contributed by atoms with van der Waals surface area (Å²) >= 11 is 0. The first kappa shape index (κ1) is 11.9. The first-order valence-corrected chi connectivity index (χ1v) is 6.26. The van der Waals surface area contributed by atoms with Crippen LogP contribution in [0.5, 0.6) is 0 Å². The van der Waals surface area contributed by atoms with Crippen molar-refractivity contribution in [3.8, 4) is 0 Å². The minimum atomic E-state index is -0.810. The summed E-state index contributed by atoms with van der Waals surface area (Å²) in [4.78, 5) is 13.2. The Labute approximate surface area is 96.6 Å². The molecule has 0 aromatic rings. The van der Waals surface area contributed by atoms with Gasteiger partial charge in [-0.1, -0.05) is 6.92 Å². The van der Waals surface area contributed by atoms with Gasteiger partial charge in [0.25, 0.3) is 0 Å². The highest BCUT2D eigenvalue weighted by Crippen LogP contribution is 2.23. The highest BCUT2D eigenvalue weighted by atomic mass is 16.5. The Morgan fingerprint density at radius 3 is 2.56 bits per heavy atom. The SMILES string of the molecule is CC1CCN(C[C@@H]2CC[C@H](C(=O)O)O2)CC1. The molecule has 0 aromatic heterocycles. The predicted molar refractivity (Wildman–Crippen MR) is 60.4 cm³/mol. The number of carbonyl (C=O) groups is 1. The first-order chi connectivity index (χ1) is 7.65. The molecule has 0 spiro atoms. The number of hydrogen-bond donors (Lipinski definition) is 1. The molecule has 2 aliphatic heterocycles. The maximum Gasteiger partial charge on any atom is 0.332 e. The fourth-order valence-corrected chi connectivity index (χ4v) is 2.55. The van der Waals surface area contributed by atoms with Gasteiger partial charge >= 0.3 is 5.97 Å². The summed E-state index contributed by atoms with van der Waals surface area (Å²) in [6.07, 6.45) is 3.65. The molecular formula is C12H21NO3. The maximum absolute atomic E-state index is 10.7. The lowest BCUT2D eigenvalue weighted by atomic mass is 9.99. The van der Waals surface area contributed by atoms with Crippen molar-refractivity contribution >= 4 is 5.97 Å². The number of rotatable bonds is 3. The van der Waals surface area contributed by atoms with Crippen LogP contribution in [0, 0.1) is 5.92 Å². The molecule has 0 radical (unpaired) electrons. The van der Waals surface area contributed by atoms with Gasteiger partial charge in [0.05, 0.1) is 6.10 Å². The molecule has 0 aromatic carbocycles. The van der Waals surface area contributed by atoms with Crippen molar-refractivity contribution in [1.82, 2.24) is 4.90 Å². The predicted octanol–water partition coefficient (Wildman–Crippen LogP) is 1.35. The summed E-state index contributed by atoms with van der Waals surface area (Å²) in [5, 5.41) is 8.83. The third-order valence-corrected chi connectivity index (χ3v) is 3.72. The summed E-state index contributed by atoms with van der Waals surface area (Å²) in [5.74, 6) is 0.0299. The molecule has 0 saturated carbocycles. The summed E-state index contributed by atoms with van der Waals surface area (Å²) < 4.78 is 5.51. The van der Waals surface area contributed by atoms with Crippen molar-refractivity contribution in [3.63, 3.8) is 0 Å². The van der Waals surface area contributed by atoms with E-state index in [0.29, 0.717) is 6.42 Å². The Kier molecular flexibility index (Phi) is 3.82. The molecule has 2 saturated heterocycles. The van der Waals surface area contributed by atoms with Gasteiger partial charge in [-0.3, -0.25) is 0 Å². The molecule has 0 aliphatic carbocycles. The van der Waals surface area contributed by atoms with Crippen molar-refractivity contribution in [2.24, 2.45) is 5.92 Å². The fourth-order valence-electron chi connectivity index (χ4n) is 2.55. The molecule has 2 rings (SSSR count). The molecule has 2 aliphatic rings. The summed E-state index contributed by atoms with van der Waals surface area (Å²) in [6.45, 7) is 5.48. The second-order valence-electron chi connectivity index (χ2n) is 5.15. The average molecular weight is 227 g/mol. The number of piperidine rings is 1. The molecule has 0 unspecified atom stereocenters. The monoisotopic (exact) mass is 227 g/mol. The van der Waals surface area contributed by atoms with E-state index in [2.05, 4.69) is 11.8 Å². The second kappa shape index (κ2) is 5.15. The summed E-state index contributed by atoms with van der Waals surface area (Å²) in [7, 11) is 0. The van der Waals surface area contributed by atoms with Gasteiger partial charge in [0, 0.05) is 6.54 Å². The van der Waals surface area contributed by atoms with E-state index < -0.39 is 12.1 Å². The highest BCUT2D eigenvalue weighted by molar-refractivity contribution is 5.72. The zero-order chi connectivity index (χ0) is 11.5. The van der Waals surface area contributed by atoms with E-state index >= 15 is 0 Å². The molecule has 0 amide bonds. The Morgan fingerprint density at radius 1 is 1.31 bits per heavy atom. The molecule has 1 N–H and O–H groups in total. The van der Waals surface area contributed by atoms with Gasteiger partial charge < -0.3 is 14.7 Å². The van der Waals surface area contributed by atoms with Crippen molar-refractivity contribution in [2.75, 3.05) is 19.6 Å². The molecule has 4 nitrogen and oxygen atoms in total. The number of aliphatic carboxylic acids is 1. The van der Waals surface area contributed by atoms with Gasteiger partial charge in [-0.05, 0) is 44.7 Å².